The molecule has 1 aliphatic heterocycles. The van der Waals surface area contributed by atoms with Gasteiger partial charge in [-0.05, 0) is 75.6 Å². The summed E-state index contributed by atoms with van der Waals surface area (Å²) in [6, 6.07) is 11.2. The molecule has 1 aromatic carbocycles. The molecular formula is C26H38N4O. The lowest BCUT2D eigenvalue weighted by molar-refractivity contribution is 0.0936. The maximum atomic E-state index is 12.8. The Balaban J connectivity index is 1.25. The second-order valence-electron chi connectivity index (χ2n) is 9.71. The Morgan fingerprint density at radius 1 is 1.13 bits per heavy atom. The lowest BCUT2D eigenvalue weighted by Gasteiger charge is -2.32. The van der Waals surface area contributed by atoms with Gasteiger partial charge in [-0.25, -0.2) is 0 Å². The van der Waals surface area contributed by atoms with Gasteiger partial charge in [-0.3, -0.25) is 9.48 Å². The van der Waals surface area contributed by atoms with E-state index in [9.17, 15) is 4.79 Å². The molecule has 168 valence electrons. The van der Waals surface area contributed by atoms with E-state index in [0.717, 1.165) is 43.6 Å². The highest BCUT2D eigenvalue weighted by atomic mass is 16.1. The Bertz CT molecular complexity index is 832. The van der Waals surface area contributed by atoms with E-state index in [2.05, 4.69) is 52.6 Å². The lowest BCUT2D eigenvalue weighted by atomic mass is 9.90. The Labute approximate surface area is 187 Å². The molecule has 1 aromatic heterocycles. The maximum absolute atomic E-state index is 12.8. The van der Waals surface area contributed by atoms with E-state index in [1.54, 1.807) is 4.68 Å². The molecule has 1 N–H and O–H groups in total. The molecule has 2 heterocycles. The van der Waals surface area contributed by atoms with Crippen molar-refractivity contribution in [3.63, 3.8) is 0 Å². The minimum absolute atomic E-state index is 0.0716. The molecule has 1 amide bonds. The molecule has 0 spiro atoms. The average molecular weight is 423 g/mol. The third kappa shape index (κ3) is 5.97. The van der Waals surface area contributed by atoms with E-state index in [4.69, 9.17) is 0 Å². The first-order valence-electron chi connectivity index (χ1n) is 12.2. The number of carbonyl (C=O) groups is 1. The van der Waals surface area contributed by atoms with Crippen LogP contribution in [0, 0.1) is 5.92 Å². The van der Waals surface area contributed by atoms with Crippen molar-refractivity contribution >= 4 is 5.91 Å². The number of carbonyl (C=O) groups excluding carboxylic acids is 1. The fourth-order valence-electron chi connectivity index (χ4n) is 5.22. The van der Waals surface area contributed by atoms with E-state index in [1.165, 1.54) is 44.2 Å². The van der Waals surface area contributed by atoms with Crippen LogP contribution in [0.3, 0.4) is 0 Å². The summed E-state index contributed by atoms with van der Waals surface area (Å²) in [4.78, 5) is 15.4. The average Bonchev–Trinajstić information content (AvgIpc) is 3.43. The van der Waals surface area contributed by atoms with Crippen LogP contribution in [0.4, 0.5) is 0 Å². The van der Waals surface area contributed by atoms with Gasteiger partial charge in [0.2, 0.25) is 0 Å². The number of rotatable bonds is 8. The van der Waals surface area contributed by atoms with E-state index in [0.29, 0.717) is 17.9 Å². The molecule has 1 saturated heterocycles. The molecule has 1 unspecified atom stereocenters. The molecule has 4 rings (SSSR count). The predicted molar refractivity (Wildman–Crippen MR) is 125 cm³/mol. The van der Waals surface area contributed by atoms with Crippen molar-refractivity contribution in [1.29, 1.82) is 0 Å². The zero-order chi connectivity index (χ0) is 21.6. The number of hydrogen-bond donors (Lipinski definition) is 1. The molecular weight excluding hydrogens is 384 g/mol. The van der Waals surface area contributed by atoms with Crippen LogP contribution >= 0.6 is 0 Å². The van der Waals surface area contributed by atoms with Gasteiger partial charge in [-0.2, -0.15) is 5.10 Å². The third-order valence-corrected chi connectivity index (χ3v) is 7.28. The van der Waals surface area contributed by atoms with Gasteiger partial charge in [0.1, 0.15) is 0 Å². The first kappa shape index (κ1) is 22.1. The maximum Gasteiger partial charge on any atom is 0.254 e. The van der Waals surface area contributed by atoms with Crippen LogP contribution in [0.25, 0.3) is 0 Å². The second kappa shape index (κ2) is 10.4. The Kier molecular flexibility index (Phi) is 7.44. The van der Waals surface area contributed by atoms with Crippen molar-refractivity contribution in [2.24, 2.45) is 13.0 Å². The number of aryl methyl sites for hydroxylation is 1. The lowest BCUT2D eigenvalue weighted by Crippen LogP contribution is -2.36. The molecule has 31 heavy (non-hydrogen) atoms. The molecule has 0 radical (unpaired) electrons. The quantitative estimate of drug-likeness (QED) is 0.679. The number of aromatic nitrogens is 2. The van der Waals surface area contributed by atoms with Gasteiger partial charge in [-0.1, -0.05) is 50.1 Å². The van der Waals surface area contributed by atoms with Crippen LogP contribution in [0.2, 0.25) is 0 Å². The van der Waals surface area contributed by atoms with Gasteiger partial charge >= 0.3 is 0 Å². The number of nitrogens with zero attached hydrogens (tertiary/aromatic N) is 3. The topological polar surface area (TPSA) is 50.2 Å². The van der Waals surface area contributed by atoms with Crippen LogP contribution in [0.5, 0.6) is 0 Å². The molecule has 0 bridgehead atoms. The molecule has 1 saturated carbocycles. The van der Waals surface area contributed by atoms with Crippen LogP contribution in [-0.4, -0.2) is 46.3 Å². The molecule has 1 aliphatic carbocycles. The summed E-state index contributed by atoms with van der Waals surface area (Å²) in [5.74, 6) is 1.30. The standard InChI is InChI=1S/C26H38N4O/c1-20(22-8-4-3-5-9-22)12-15-30-16-13-21(14-17-30)18-25-24(19-29(2)28-25)26(31)27-23-10-6-7-11-23/h3-5,8-9,19-21,23H,6-7,10-18H2,1-2H3,(H,27,31). The smallest absolute Gasteiger partial charge is 0.254 e. The summed E-state index contributed by atoms with van der Waals surface area (Å²) in [5.41, 5.74) is 3.21. The Morgan fingerprint density at radius 3 is 2.55 bits per heavy atom. The minimum atomic E-state index is 0.0716. The van der Waals surface area contributed by atoms with Crippen molar-refractivity contribution in [1.82, 2.24) is 20.0 Å². The molecule has 2 aliphatic rings. The van der Waals surface area contributed by atoms with E-state index in [-0.39, 0.29) is 5.91 Å². The Hall–Kier alpha value is -2.14. The summed E-state index contributed by atoms with van der Waals surface area (Å²) in [6.07, 6.45) is 11.1. The minimum Gasteiger partial charge on any atom is -0.349 e. The van der Waals surface area contributed by atoms with Crippen molar-refractivity contribution in [2.45, 2.75) is 70.3 Å². The molecule has 5 nitrogen and oxygen atoms in total. The highest BCUT2D eigenvalue weighted by Crippen LogP contribution is 2.25. The van der Waals surface area contributed by atoms with Gasteiger partial charge < -0.3 is 10.2 Å². The largest absolute Gasteiger partial charge is 0.349 e. The van der Waals surface area contributed by atoms with E-state index < -0.39 is 0 Å². The van der Waals surface area contributed by atoms with E-state index in [1.807, 2.05) is 13.2 Å². The number of benzene rings is 1. The number of nitrogens with one attached hydrogen (secondary N) is 1. The summed E-state index contributed by atoms with van der Waals surface area (Å²) in [6.45, 7) is 5.81. The van der Waals surface area contributed by atoms with E-state index >= 15 is 0 Å². The molecule has 2 fully saturated rings. The van der Waals surface area contributed by atoms with Gasteiger partial charge in [0, 0.05) is 19.3 Å². The van der Waals surface area contributed by atoms with Gasteiger partial charge in [0.25, 0.3) is 5.91 Å². The zero-order valence-corrected chi connectivity index (χ0v) is 19.2. The van der Waals surface area contributed by atoms with Crippen LogP contribution < -0.4 is 5.32 Å². The summed E-state index contributed by atoms with van der Waals surface area (Å²) in [7, 11) is 1.92. The highest BCUT2D eigenvalue weighted by Gasteiger charge is 2.25. The van der Waals surface area contributed by atoms with Crippen molar-refractivity contribution < 1.29 is 4.79 Å². The molecule has 5 heteroatoms. The number of hydrogen-bond acceptors (Lipinski definition) is 3. The molecule has 1 atom stereocenters. The van der Waals surface area contributed by atoms with Crippen LogP contribution in [-0.2, 0) is 13.5 Å². The fourth-order valence-corrected chi connectivity index (χ4v) is 5.22. The zero-order valence-electron chi connectivity index (χ0n) is 19.2. The SMILES string of the molecule is CC(CCN1CCC(Cc2nn(C)cc2C(=O)NC2CCCC2)CC1)c1ccccc1. The van der Waals surface area contributed by atoms with Gasteiger partial charge in [0.05, 0.1) is 11.3 Å². The third-order valence-electron chi connectivity index (χ3n) is 7.28. The van der Waals surface area contributed by atoms with Crippen molar-refractivity contribution in [3.8, 4) is 0 Å². The first-order valence-corrected chi connectivity index (χ1v) is 12.2. The number of likely N-dealkylation sites (tertiary alicyclic amines) is 1. The summed E-state index contributed by atoms with van der Waals surface area (Å²) >= 11 is 0. The molecule has 2 aromatic rings. The number of piperidine rings is 1. The summed E-state index contributed by atoms with van der Waals surface area (Å²) in [5, 5.41) is 7.89. The summed E-state index contributed by atoms with van der Waals surface area (Å²) < 4.78 is 1.80. The fraction of sp³-hybridized carbons (Fsp3) is 0.615. The number of amides is 1. The highest BCUT2D eigenvalue weighted by molar-refractivity contribution is 5.95. The van der Waals surface area contributed by atoms with Gasteiger partial charge in [0.15, 0.2) is 0 Å². The van der Waals surface area contributed by atoms with Crippen molar-refractivity contribution in [3.05, 3.63) is 53.3 Å². The first-order chi connectivity index (χ1) is 15.1. The Morgan fingerprint density at radius 2 is 1.84 bits per heavy atom. The predicted octanol–water partition coefficient (Wildman–Crippen LogP) is 4.54. The van der Waals surface area contributed by atoms with Gasteiger partial charge in [-0.15, -0.1) is 0 Å². The normalized spacial score (nSPS) is 19.5. The second-order valence-corrected chi connectivity index (χ2v) is 9.71. The van der Waals surface area contributed by atoms with Crippen molar-refractivity contribution in [2.75, 3.05) is 19.6 Å². The van der Waals surface area contributed by atoms with Crippen LogP contribution in [0.1, 0.15) is 79.4 Å². The monoisotopic (exact) mass is 422 g/mol. The van der Waals surface area contributed by atoms with Crippen LogP contribution in [0.15, 0.2) is 36.5 Å².